The maximum atomic E-state index is 11.6. The third-order valence-electron chi connectivity index (χ3n) is 3.37. The summed E-state index contributed by atoms with van der Waals surface area (Å²) >= 11 is 0. The number of rotatable bonds is 5. The van der Waals surface area contributed by atoms with Crippen LogP contribution in [-0.2, 0) is 26.1 Å². The quantitative estimate of drug-likeness (QED) is 0.669. The molecule has 1 saturated carbocycles. The summed E-state index contributed by atoms with van der Waals surface area (Å²) in [5, 5.41) is 9.04. The highest BCUT2D eigenvalue weighted by atomic mass is 32.2. The molecular formula is C12H14BNO6S. The Labute approximate surface area is 122 Å². The Morgan fingerprint density at radius 3 is 2.95 bits per heavy atom. The minimum Gasteiger partial charge on any atom is -0.484 e. The van der Waals surface area contributed by atoms with Crippen LogP contribution in [0.1, 0.15) is 18.4 Å². The highest BCUT2D eigenvalue weighted by molar-refractivity contribution is 7.90. The van der Waals surface area contributed by atoms with Crippen molar-refractivity contribution >= 4 is 28.5 Å². The van der Waals surface area contributed by atoms with Crippen LogP contribution in [0.2, 0.25) is 0 Å². The van der Waals surface area contributed by atoms with Gasteiger partial charge in [-0.25, -0.2) is 13.1 Å². The van der Waals surface area contributed by atoms with Gasteiger partial charge in [-0.2, -0.15) is 0 Å². The summed E-state index contributed by atoms with van der Waals surface area (Å²) < 4.78 is 35.4. The van der Waals surface area contributed by atoms with Crippen LogP contribution in [0, 0.1) is 0 Å². The topological polar surface area (TPSA) is 102 Å². The van der Waals surface area contributed by atoms with Crippen molar-refractivity contribution in [3.05, 3.63) is 23.8 Å². The van der Waals surface area contributed by atoms with Gasteiger partial charge in [-0.15, -0.1) is 0 Å². The van der Waals surface area contributed by atoms with Gasteiger partial charge in [0, 0.05) is 0 Å². The van der Waals surface area contributed by atoms with Crippen LogP contribution in [0.5, 0.6) is 5.75 Å². The van der Waals surface area contributed by atoms with E-state index in [4.69, 9.17) is 9.39 Å². The van der Waals surface area contributed by atoms with Crippen LogP contribution >= 0.6 is 0 Å². The van der Waals surface area contributed by atoms with Crippen LogP contribution < -0.4 is 14.9 Å². The lowest BCUT2D eigenvalue weighted by molar-refractivity contribution is -0.121. The van der Waals surface area contributed by atoms with Gasteiger partial charge in [-0.3, -0.25) is 4.79 Å². The predicted molar refractivity (Wildman–Crippen MR) is 74.4 cm³/mol. The first-order chi connectivity index (χ1) is 9.95. The van der Waals surface area contributed by atoms with E-state index in [1.54, 1.807) is 18.2 Å². The summed E-state index contributed by atoms with van der Waals surface area (Å²) in [6, 6.07) is 4.91. The molecule has 1 aliphatic heterocycles. The largest absolute Gasteiger partial charge is 0.491 e. The molecule has 9 heteroatoms. The molecule has 2 N–H and O–H groups in total. The Balaban J connectivity index is 1.57. The number of carbonyl (C=O) groups excluding carboxylic acids is 1. The smallest absolute Gasteiger partial charge is 0.484 e. The number of amides is 1. The fourth-order valence-corrected chi connectivity index (χ4v) is 3.39. The third kappa shape index (κ3) is 3.20. The van der Waals surface area contributed by atoms with Gasteiger partial charge in [-0.1, -0.05) is 6.07 Å². The number of carbonyl (C=O) groups is 1. The Kier molecular flexibility index (Phi) is 3.64. The van der Waals surface area contributed by atoms with Crippen LogP contribution in [0.4, 0.5) is 0 Å². The van der Waals surface area contributed by atoms with Crippen LogP contribution in [0.15, 0.2) is 18.2 Å². The summed E-state index contributed by atoms with van der Waals surface area (Å²) in [6.45, 7) is -0.107. The normalized spacial score (nSPS) is 17.5. The Bertz CT molecular complexity index is 672. The van der Waals surface area contributed by atoms with E-state index >= 15 is 0 Å². The molecule has 0 radical (unpaired) electrons. The molecule has 0 aromatic heterocycles. The number of hydrogen-bond acceptors (Lipinski definition) is 6. The number of fused-ring (bicyclic) bond motifs is 1. The lowest BCUT2D eigenvalue weighted by Crippen LogP contribution is -2.36. The second-order valence-corrected chi connectivity index (χ2v) is 7.04. The van der Waals surface area contributed by atoms with E-state index in [-0.39, 0.29) is 13.2 Å². The molecule has 0 bridgehead atoms. The zero-order valence-electron chi connectivity index (χ0n) is 11.1. The maximum Gasteiger partial charge on any atom is 0.491 e. The first kappa shape index (κ1) is 14.4. The molecule has 1 heterocycles. The fourth-order valence-electron chi connectivity index (χ4n) is 2.09. The molecule has 2 aliphatic rings. The highest BCUT2D eigenvalue weighted by Crippen LogP contribution is 2.27. The number of benzene rings is 1. The number of nitrogens with one attached hydrogen (secondary N) is 1. The molecule has 3 rings (SSSR count). The van der Waals surface area contributed by atoms with Crippen molar-refractivity contribution < 1.29 is 27.6 Å². The Morgan fingerprint density at radius 1 is 1.48 bits per heavy atom. The van der Waals surface area contributed by atoms with Crippen LogP contribution in [0.3, 0.4) is 0 Å². The molecule has 1 aromatic carbocycles. The molecule has 21 heavy (non-hydrogen) atoms. The van der Waals surface area contributed by atoms with Crippen molar-refractivity contribution in [2.24, 2.45) is 0 Å². The maximum absolute atomic E-state index is 11.6. The second-order valence-electron chi connectivity index (χ2n) is 5.08. The molecule has 7 nitrogen and oxygen atoms in total. The van der Waals surface area contributed by atoms with E-state index in [0.717, 1.165) is 5.56 Å². The molecule has 0 spiro atoms. The van der Waals surface area contributed by atoms with Crippen molar-refractivity contribution in [2.75, 3.05) is 6.61 Å². The average Bonchev–Trinajstić information content (AvgIpc) is 3.22. The van der Waals surface area contributed by atoms with Crippen molar-refractivity contribution in [1.29, 1.82) is 0 Å². The van der Waals surface area contributed by atoms with Gasteiger partial charge in [0.05, 0.1) is 11.9 Å². The predicted octanol–water partition coefficient (Wildman–Crippen LogP) is -1.11. The van der Waals surface area contributed by atoms with E-state index in [0.29, 0.717) is 24.1 Å². The van der Waals surface area contributed by atoms with E-state index in [2.05, 4.69) is 0 Å². The molecule has 0 unspecified atom stereocenters. The SMILES string of the molecule is O=C(COc1ccc2c(c1)COB2O)NS(=O)(=O)C1CC1. The van der Waals surface area contributed by atoms with E-state index < -0.39 is 28.3 Å². The zero-order valence-corrected chi connectivity index (χ0v) is 11.9. The Morgan fingerprint density at radius 2 is 2.24 bits per heavy atom. The molecular weight excluding hydrogens is 297 g/mol. The monoisotopic (exact) mass is 311 g/mol. The summed E-state index contributed by atoms with van der Waals surface area (Å²) in [6.07, 6.45) is 1.19. The summed E-state index contributed by atoms with van der Waals surface area (Å²) in [5.41, 5.74) is 1.45. The lowest BCUT2D eigenvalue weighted by Gasteiger charge is -2.08. The van der Waals surface area contributed by atoms with Crippen molar-refractivity contribution in [2.45, 2.75) is 24.7 Å². The second kappa shape index (κ2) is 5.32. The zero-order chi connectivity index (χ0) is 15.0. The van der Waals surface area contributed by atoms with Gasteiger partial charge in [0.1, 0.15) is 5.75 Å². The van der Waals surface area contributed by atoms with E-state index in [1.807, 2.05) is 4.72 Å². The van der Waals surface area contributed by atoms with Gasteiger partial charge < -0.3 is 14.4 Å². The molecule has 0 saturated heterocycles. The summed E-state index contributed by atoms with van der Waals surface area (Å²) in [5.74, 6) is -0.274. The minimum atomic E-state index is -3.54. The minimum absolute atomic E-state index is 0.274. The van der Waals surface area contributed by atoms with Crippen molar-refractivity contribution in [3.63, 3.8) is 0 Å². The first-order valence-corrected chi connectivity index (χ1v) is 8.10. The molecule has 1 fully saturated rings. The molecule has 112 valence electrons. The van der Waals surface area contributed by atoms with E-state index in [9.17, 15) is 18.2 Å². The molecule has 1 aromatic rings. The lowest BCUT2D eigenvalue weighted by atomic mass is 9.80. The number of sulfonamides is 1. The first-order valence-electron chi connectivity index (χ1n) is 6.55. The number of ether oxygens (including phenoxy) is 1. The summed E-state index contributed by atoms with van der Waals surface area (Å²) in [7, 11) is -4.47. The van der Waals surface area contributed by atoms with Gasteiger partial charge in [-0.05, 0) is 36.0 Å². The standard InChI is InChI=1S/C12H14BNO6S/c15-12(14-21(17,18)10-2-3-10)7-19-9-1-4-11-8(5-9)6-20-13(11)16/h1,4-5,10,16H,2-3,6-7H2,(H,14,15). The molecule has 0 atom stereocenters. The highest BCUT2D eigenvalue weighted by Gasteiger charge is 2.36. The molecule has 1 amide bonds. The average molecular weight is 311 g/mol. The van der Waals surface area contributed by atoms with Gasteiger partial charge in [0.2, 0.25) is 10.0 Å². The van der Waals surface area contributed by atoms with Gasteiger partial charge >= 0.3 is 7.12 Å². The van der Waals surface area contributed by atoms with Crippen LogP contribution in [0.25, 0.3) is 0 Å². The number of hydrogen-bond donors (Lipinski definition) is 2. The van der Waals surface area contributed by atoms with Crippen molar-refractivity contribution in [1.82, 2.24) is 4.72 Å². The van der Waals surface area contributed by atoms with Crippen LogP contribution in [-0.4, -0.2) is 38.3 Å². The molecule has 1 aliphatic carbocycles. The summed E-state index contributed by atoms with van der Waals surface area (Å²) in [4.78, 5) is 11.6. The fraction of sp³-hybridized carbons (Fsp3) is 0.417. The third-order valence-corrected chi connectivity index (χ3v) is 5.23. The Hall–Kier alpha value is -1.58. The van der Waals surface area contributed by atoms with Crippen molar-refractivity contribution in [3.8, 4) is 5.75 Å². The van der Waals surface area contributed by atoms with E-state index in [1.165, 1.54) is 0 Å². The van der Waals surface area contributed by atoms with Gasteiger partial charge in [0.15, 0.2) is 6.61 Å². The van der Waals surface area contributed by atoms with Gasteiger partial charge in [0.25, 0.3) is 5.91 Å².